The number of hydrogen-bond donors (Lipinski definition) is 1. The van der Waals surface area contributed by atoms with Gasteiger partial charge in [0.1, 0.15) is 11.5 Å². The maximum absolute atomic E-state index is 11.8. The molecule has 0 aliphatic rings. The van der Waals surface area contributed by atoms with E-state index in [0.717, 1.165) is 16.5 Å². The van der Waals surface area contributed by atoms with Crippen molar-refractivity contribution in [3.05, 3.63) is 49.1 Å². The highest BCUT2D eigenvalue weighted by Crippen LogP contribution is 2.25. The summed E-state index contributed by atoms with van der Waals surface area (Å²) < 4.78 is 10.9. The third kappa shape index (κ3) is 3.75. The fourth-order valence-electron chi connectivity index (χ4n) is 1.98. The highest BCUT2D eigenvalue weighted by Gasteiger charge is 2.13. The summed E-state index contributed by atoms with van der Waals surface area (Å²) in [4.78, 5) is 11.8. The molecule has 1 amide bonds. The molecule has 2 rings (SSSR count). The summed E-state index contributed by atoms with van der Waals surface area (Å²) >= 11 is 0. The van der Waals surface area contributed by atoms with E-state index in [0.29, 0.717) is 12.3 Å². The number of fused-ring (bicyclic) bond motifs is 1. The number of carbonyl (C=O) groups excluding carboxylic acids is 1. The molecule has 21 heavy (non-hydrogen) atoms. The van der Waals surface area contributed by atoms with Crippen molar-refractivity contribution in [1.29, 1.82) is 0 Å². The molecule has 4 nitrogen and oxygen atoms in total. The van der Waals surface area contributed by atoms with E-state index in [9.17, 15) is 4.79 Å². The molecule has 0 heterocycles. The Kier molecular flexibility index (Phi) is 4.82. The normalized spacial score (nSPS) is 11.7. The van der Waals surface area contributed by atoms with E-state index in [1.807, 2.05) is 36.4 Å². The lowest BCUT2D eigenvalue weighted by Crippen LogP contribution is -2.36. The molecule has 2 aromatic carbocycles. The number of nitrogens with one attached hydrogen (secondary N) is 1. The van der Waals surface area contributed by atoms with Crippen LogP contribution in [0, 0.1) is 0 Å². The summed E-state index contributed by atoms with van der Waals surface area (Å²) in [5.74, 6) is 1.27. The molecular weight excluding hydrogens is 266 g/mol. The molecule has 0 unspecified atom stereocenters. The molecule has 2 aromatic rings. The standard InChI is InChI=1S/C17H19NO3/c1-4-9-18-17(19)12(2)21-16-8-6-13-5-7-15(20-3)10-14(13)11-16/h4-8,10-12H,1,9H2,2-3H3,(H,18,19)/t12-/m1/s1. The van der Waals surface area contributed by atoms with Gasteiger partial charge in [-0.25, -0.2) is 0 Å². The minimum absolute atomic E-state index is 0.166. The average molecular weight is 285 g/mol. The largest absolute Gasteiger partial charge is 0.497 e. The zero-order chi connectivity index (χ0) is 15.2. The van der Waals surface area contributed by atoms with Gasteiger partial charge < -0.3 is 14.8 Å². The van der Waals surface area contributed by atoms with Crippen LogP contribution in [-0.2, 0) is 4.79 Å². The number of rotatable bonds is 6. The molecule has 0 aromatic heterocycles. The van der Waals surface area contributed by atoms with Crippen LogP contribution in [0.1, 0.15) is 6.92 Å². The maximum Gasteiger partial charge on any atom is 0.261 e. The number of hydrogen-bond acceptors (Lipinski definition) is 3. The summed E-state index contributed by atoms with van der Waals surface area (Å²) in [6.07, 6.45) is 1.07. The lowest BCUT2D eigenvalue weighted by atomic mass is 10.1. The zero-order valence-corrected chi connectivity index (χ0v) is 12.3. The highest BCUT2D eigenvalue weighted by molar-refractivity contribution is 5.85. The van der Waals surface area contributed by atoms with E-state index in [1.54, 1.807) is 20.1 Å². The third-order valence-electron chi connectivity index (χ3n) is 3.12. The van der Waals surface area contributed by atoms with Crippen molar-refractivity contribution < 1.29 is 14.3 Å². The minimum atomic E-state index is -0.562. The van der Waals surface area contributed by atoms with Gasteiger partial charge in [0.25, 0.3) is 5.91 Å². The van der Waals surface area contributed by atoms with Gasteiger partial charge in [0, 0.05) is 6.54 Å². The van der Waals surface area contributed by atoms with Crippen LogP contribution in [0.15, 0.2) is 49.1 Å². The predicted octanol–water partition coefficient (Wildman–Crippen LogP) is 2.92. The number of carbonyl (C=O) groups is 1. The molecule has 0 saturated heterocycles. The Morgan fingerprint density at radius 2 is 1.90 bits per heavy atom. The van der Waals surface area contributed by atoms with Gasteiger partial charge in [-0.3, -0.25) is 4.79 Å². The van der Waals surface area contributed by atoms with Crippen LogP contribution in [0.5, 0.6) is 11.5 Å². The second kappa shape index (κ2) is 6.79. The van der Waals surface area contributed by atoms with Crippen molar-refractivity contribution >= 4 is 16.7 Å². The summed E-state index contributed by atoms with van der Waals surface area (Å²) in [7, 11) is 1.63. The van der Waals surface area contributed by atoms with E-state index in [2.05, 4.69) is 11.9 Å². The maximum atomic E-state index is 11.8. The molecule has 4 heteroatoms. The molecule has 1 atom stereocenters. The van der Waals surface area contributed by atoms with Gasteiger partial charge in [0.15, 0.2) is 6.10 Å². The Bertz CT molecular complexity index is 652. The van der Waals surface area contributed by atoms with Crippen molar-refractivity contribution in [3.8, 4) is 11.5 Å². The van der Waals surface area contributed by atoms with Crippen LogP contribution in [0.25, 0.3) is 10.8 Å². The number of methoxy groups -OCH3 is 1. The molecule has 0 fully saturated rings. The first-order valence-corrected chi connectivity index (χ1v) is 6.77. The second-order valence-electron chi connectivity index (χ2n) is 4.67. The van der Waals surface area contributed by atoms with Crippen LogP contribution in [0.3, 0.4) is 0 Å². The van der Waals surface area contributed by atoms with Crippen LogP contribution >= 0.6 is 0 Å². The topological polar surface area (TPSA) is 47.6 Å². The molecule has 110 valence electrons. The first-order valence-electron chi connectivity index (χ1n) is 6.77. The second-order valence-corrected chi connectivity index (χ2v) is 4.67. The Morgan fingerprint density at radius 3 is 2.57 bits per heavy atom. The summed E-state index contributed by atoms with van der Waals surface area (Å²) in [6, 6.07) is 11.5. The summed E-state index contributed by atoms with van der Waals surface area (Å²) in [6.45, 7) is 5.71. The average Bonchev–Trinajstić information content (AvgIpc) is 2.51. The van der Waals surface area contributed by atoms with E-state index >= 15 is 0 Å². The quantitative estimate of drug-likeness (QED) is 0.830. The monoisotopic (exact) mass is 285 g/mol. The van der Waals surface area contributed by atoms with Gasteiger partial charge in [-0.05, 0) is 42.0 Å². The third-order valence-corrected chi connectivity index (χ3v) is 3.12. The van der Waals surface area contributed by atoms with E-state index in [-0.39, 0.29) is 5.91 Å². The molecular formula is C17H19NO3. The predicted molar refractivity (Wildman–Crippen MR) is 83.8 cm³/mol. The fourth-order valence-corrected chi connectivity index (χ4v) is 1.98. The minimum Gasteiger partial charge on any atom is -0.497 e. The number of amides is 1. The Balaban J connectivity index is 2.14. The van der Waals surface area contributed by atoms with Gasteiger partial charge in [0.05, 0.1) is 7.11 Å². The lowest BCUT2D eigenvalue weighted by Gasteiger charge is -2.14. The Labute approximate surface area is 124 Å². The Hall–Kier alpha value is -2.49. The van der Waals surface area contributed by atoms with Gasteiger partial charge in [-0.1, -0.05) is 18.2 Å². The molecule has 0 bridgehead atoms. The van der Waals surface area contributed by atoms with E-state index in [1.165, 1.54) is 0 Å². The SMILES string of the molecule is C=CCNC(=O)[C@@H](C)Oc1ccc2ccc(OC)cc2c1. The molecule has 0 radical (unpaired) electrons. The van der Waals surface area contributed by atoms with Gasteiger partial charge in [0.2, 0.25) is 0 Å². The molecule has 0 saturated carbocycles. The lowest BCUT2D eigenvalue weighted by molar-refractivity contribution is -0.127. The molecule has 0 aliphatic carbocycles. The van der Waals surface area contributed by atoms with Gasteiger partial charge >= 0.3 is 0 Å². The highest BCUT2D eigenvalue weighted by atomic mass is 16.5. The van der Waals surface area contributed by atoms with Crippen LogP contribution in [0.2, 0.25) is 0 Å². The van der Waals surface area contributed by atoms with Crippen molar-refractivity contribution in [2.75, 3.05) is 13.7 Å². The number of ether oxygens (including phenoxy) is 2. The van der Waals surface area contributed by atoms with Crippen molar-refractivity contribution in [2.45, 2.75) is 13.0 Å². The summed E-state index contributed by atoms with van der Waals surface area (Å²) in [5, 5.41) is 4.80. The van der Waals surface area contributed by atoms with Gasteiger partial charge in [-0.15, -0.1) is 6.58 Å². The van der Waals surface area contributed by atoms with Crippen LogP contribution in [0.4, 0.5) is 0 Å². The van der Waals surface area contributed by atoms with E-state index < -0.39 is 6.10 Å². The van der Waals surface area contributed by atoms with Crippen LogP contribution in [-0.4, -0.2) is 25.7 Å². The molecule has 0 aliphatic heterocycles. The zero-order valence-electron chi connectivity index (χ0n) is 12.3. The van der Waals surface area contributed by atoms with Crippen LogP contribution < -0.4 is 14.8 Å². The molecule has 1 N–H and O–H groups in total. The fraction of sp³-hybridized carbons (Fsp3) is 0.235. The van der Waals surface area contributed by atoms with Gasteiger partial charge in [-0.2, -0.15) is 0 Å². The van der Waals surface area contributed by atoms with Crippen molar-refractivity contribution in [1.82, 2.24) is 5.32 Å². The van der Waals surface area contributed by atoms with Crippen molar-refractivity contribution in [2.24, 2.45) is 0 Å². The smallest absolute Gasteiger partial charge is 0.261 e. The summed E-state index contributed by atoms with van der Waals surface area (Å²) in [5.41, 5.74) is 0. The first-order chi connectivity index (χ1) is 10.1. The number of benzene rings is 2. The first kappa shape index (κ1) is 14.9. The molecule has 0 spiro atoms. The van der Waals surface area contributed by atoms with Crippen molar-refractivity contribution in [3.63, 3.8) is 0 Å². The Morgan fingerprint density at radius 1 is 1.24 bits per heavy atom. The van der Waals surface area contributed by atoms with E-state index in [4.69, 9.17) is 9.47 Å².